The molecule has 1 atom stereocenters. The molecule has 0 spiro atoms. The van der Waals surface area contributed by atoms with Crippen LogP contribution in [0, 0.1) is 16.7 Å². The maximum Gasteiger partial charge on any atom is 0.197 e. The molecule has 1 aliphatic rings. The topological polar surface area (TPSA) is 66.8 Å². The van der Waals surface area contributed by atoms with Crippen LogP contribution >= 0.6 is 0 Å². The highest BCUT2D eigenvalue weighted by atomic mass is 16.5. The second kappa shape index (κ2) is 9.21. The van der Waals surface area contributed by atoms with Crippen molar-refractivity contribution in [1.82, 2.24) is 0 Å². The van der Waals surface area contributed by atoms with Gasteiger partial charge in [-0.2, -0.15) is 0 Å². The summed E-state index contributed by atoms with van der Waals surface area (Å²) >= 11 is 0. The van der Waals surface area contributed by atoms with Gasteiger partial charge in [-0.1, -0.05) is 70.2 Å². The lowest BCUT2D eigenvalue weighted by molar-refractivity contribution is -0.196. The first-order valence-electron chi connectivity index (χ1n) is 10.5. The predicted octanol–water partition coefficient (Wildman–Crippen LogP) is 5.38. The Morgan fingerprint density at radius 3 is 2.26 bits per heavy atom. The van der Waals surface area contributed by atoms with Gasteiger partial charge >= 0.3 is 0 Å². The minimum absolute atomic E-state index is 0.147. The number of ether oxygens (including phenoxy) is 1. The summed E-state index contributed by atoms with van der Waals surface area (Å²) in [4.78, 5) is 12.6. The maximum atomic E-state index is 12.6. The number of aliphatic hydroxyl groups is 2. The first-order valence-corrected chi connectivity index (χ1v) is 10.5. The van der Waals surface area contributed by atoms with E-state index in [1.807, 2.05) is 52.8 Å². The molecule has 0 fully saturated rings. The maximum absolute atomic E-state index is 12.6. The van der Waals surface area contributed by atoms with Crippen LogP contribution in [0.3, 0.4) is 0 Å². The highest BCUT2D eigenvalue weighted by molar-refractivity contribution is 6.04. The molecular weight excluding hydrogens is 388 g/mol. The lowest BCUT2D eigenvalue weighted by Crippen LogP contribution is -2.52. The fraction of sp³-hybridized carbons (Fsp3) is 0.370. The number of hydrogen-bond donors (Lipinski definition) is 2. The van der Waals surface area contributed by atoms with Crippen LogP contribution in [0.15, 0.2) is 90.8 Å². The Balaban J connectivity index is 2.72. The van der Waals surface area contributed by atoms with E-state index >= 15 is 0 Å². The van der Waals surface area contributed by atoms with Crippen molar-refractivity contribution in [1.29, 1.82) is 0 Å². The molecule has 1 aromatic rings. The van der Waals surface area contributed by atoms with E-state index in [1.165, 1.54) is 6.08 Å². The molecule has 0 amide bonds. The third-order valence-electron chi connectivity index (χ3n) is 5.89. The van der Waals surface area contributed by atoms with E-state index in [4.69, 9.17) is 4.74 Å². The SMILES string of the molecule is C=CC(C)(C)C1=CC(C=CC(=O)c2ccccc2)=C(OCC)C(C(C)(C)C=C)C1(O)O. The molecule has 0 radical (unpaired) electrons. The van der Waals surface area contributed by atoms with E-state index in [9.17, 15) is 15.0 Å². The van der Waals surface area contributed by atoms with Crippen LogP contribution in [0.4, 0.5) is 0 Å². The van der Waals surface area contributed by atoms with Crippen molar-refractivity contribution < 1.29 is 19.7 Å². The largest absolute Gasteiger partial charge is 0.497 e. The molecule has 0 saturated carbocycles. The Kier molecular flexibility index (Phi) is 7.30. The molecule has 31 heavy (non-hydrogen) atoms. The van der Waals surface area contributed by atoms with Crippen molar-refractivity contribution in [3.8, 4) is 0 Å². The van der Waals surface area contributed by atoms with Gasteiger partial charge in [0.05, 0.1) is 12.5 Å². The van der Waals surface area contributed by atoms with Crippen molar-refractivity contribution in [2.24, 2.45) is 16.7 Å². The summed E-state index contributed by atoms with van der Waals surface area (Å²) in [6.45, 7) is 17.4. The standard InChI is InChI=1S/C27H34O4/c1-8-25(4,5)22-18-20(16-17-21(28)19-14-12-11-13-15-19)23(31-10-3)24(27(22,29)30)26(6,7)9-2/h8-9,11-18,24,29-30H,1-2,10H2,3-7H3. The molecule has 0 aliphatic heterocycles. The van der Waals surface area contributed by atoms with Crippen LogP contribution in [0.25, 0.3) is 0 Å². The van der Waals surface area contributed by atoms with E-state index in [0.29, 0.717) is 29.1 Å². The van der Waals surface area contributed by atoms with Crippen LogP contribution in [0.5, 0.6) is 0 Å². The normalized spacial score (nSPS) is 19.2. The summed E-state index contributed by atoms with van der Waals surface area (Å²) in [6, 6.07) is 8.98. The Labute approximate surface area is 186 Å². The predicted molar refractivity (Wildman–Crippen MR) is 125 cm³/mol. The summed E-state index contributed by atoms with van der Waals surface area (Å²) in [7, 11) is 0. The molecule has 166 valence electrons. The van der Waals surface area contributed by atoms with Gasteiger partial charge in [0.1, 0.15) is 5.76 Å². The van der Waals surface area contributed by atoms with Crippen molar-refractivity contribution >= 4 is 5.78 Å². The zero-order chi connectivity index (χ0) is 23.4. The quantitative estimate of drug-likeness (QED) is 0.243. The summed E-state index contributed by atoms with van der Waals surface area (Å²) in [5, 5.41) is 22.8. The van der Waals surface area contributed by atoms with Gasteiger partial charge in [-0.3, -0.25) is 4.79 Å². The van der Waals surface area contributed by atoms with Gasteiger partial charge in [0, 0.05) is 16.6 Å². The molecule has 1 aliphatic carbocycles. The van der Waals surface area contributed by atoms with Crippen LogP contribution in [0.1, 0.15) is 45.0 Å². The van der Waals surface area contributed by atoms with Crippen molar-refractivity contribution in [3.05, 3.63) is 96.3 Å². The zero-order valence-electron chi connectivity index (χ0n) is 19.2. The highest BCUT2D eigenvalue weighted by Crippen LogP contribution is 2.52. The van der Waals surface area contributed by atoms with E-state index in [-0.39, 0.29) is 5.78 Å². The van der Waals surface area contributed by atoms with Crippen molar-refractivity contribution in [3.63, 3.8) is 0 Å². The average Bonchev–Trinajstić information content (AvgIpc) is 2.72. The van der Waals surface area contributed by atoms with Gasteiger partial charge in [0.2, 0.25) is 0 Å². The third kappa shape index (κ3) is 4.97. The van der Waals surface area contributed by atoms with Gasteiger partial charge in [-0.05, 0) is 36.1 Å². The molecule has 4 heteroatoms. The number of rotatable bonds is 9. The first-order chi connectivity index (χ1) is 14.4. The molecule has 0 aromatic heterocycles. The second-order valence-corrected chi connectivity index (χ2v) is 8.98. The number of carbonyl (C=O) groups is 1. The molecule has 4 nitrogen and oxygen atoms in total. The van der Waals surface area contributed by atoms with Gasteiger partial charge in [0.25, 0.3) is 0 Å². The monoisotopic (exact) mass is 422 g/mol. The average molecular weight is 423 g/mol. The molecule has 2 rings (SSSR count). The summed E-state index contributed by atoms with van der Waals surface area (Å²) in [6.07, 6.45) is 8.23. The van der Waals surface area contributed by atoms with Crippen LogP contribution < -0.4 is 0 Å². The van der Waals surface area contributed by atoms with Gasteiger partial charge in [-0.15, -0.1) is 13.2 Å². The Hall–Kier alpha value is -2.69. The fourth-order valence-electron chi connectivity index (χ4n) is 3.90. The molecule has 0 bridgehead atoms. The molecule has 0 heterocycles. The van der Waals surface area contributed by atoms with Gasteiger partial charge < -0.3 is 14.9 Å². The van der Waals surface area contributed by atoms with E-state index in [1.54, 1.807) is 36.4 Å². The number of carbonyl (C=O) groups excluding carboxylic acids is 1. The minimum Gasteiger partial charge on any atom is -0.497 e. The summed E-state index contributed by atoms with van der Waals surface area (Å²) in [5.74, 6) is -2.76. The third-order valence-corrected chi connectivity index (χ3v) is 5.89. The van der Waals surface area contributed by atoms with E-state index in [2.05, 4.69) is 13.2 Å². The number of allylic oxidation sites excluding steroid dienone is 6. The lowest BCUT2D eigenvalue weighted by atomic mass is 9.63. The van der Waals surface area contributed by atoms with E-state index in [0.717, 1.165) is 0 Å². The second-order valence-electron chi connectivity index (χ2n) is 8.98. The van der Waals surface area contributed by atoms with Gasteiger partial charge in [-0.25, -0.2) is 0 Å². The molecule has 1 aromatic carbocycles. The number of hydrogen-bond acceptors (Lipinski definition) is 4. The fourth-order valence-corrected chi connectivity index (χ4v) is 3.90. The lowest BCUT2D eigenvalue weighted by Gasteiger charge is -2.48. The van der Waals surface area contributed by atoms with Crippen LogP contribution in [-0.2, 0) is 4.74 Å². The smallest absolute Gasteiger partial charge is 0.197 e. The van der Waals surface area contributed by atoms with Crippen LogP contribution in [0.2, 0.25) is 0 Å². The highest BCUT2D eigenvalue weighted by Gasteiger charge is 2.54. The van der Waals surface area contributed by atoms with Crippen molar-refractivity contribution in [2.45, 2.75) is 40.4 Å². The Bertz CT molecular complexity index is 927. The molecule has 2 N–H and O–H groups in total. The number of benzene rings is 1. The van der Waals surface area contributed by atoms with E-state index < -0.39 is 22.5 Å². The summed E-state index contributed by atoms with van der Waals surface area (Å²) < 4.78 is 5.94. The number of ketones is 1. The van der Waals surface area contributed by atoms with Crippen molar-refractivity contribution in [2.75, 3.05) is 6.61 Å². The first kappa shape index (κ1) is 24.6. The molecule has 1 unspecified atom stereocenters. The minimum atomic E-state index is -2.19. The molecular formula is C27H34O4. The van der Waals surface area contributed by atoms with Gasteiger partial charge in [0.15, 0.2) is 11.6 Å². The Morgan fingerprint density at radius 1 is 1.13 bits per heavy atom. The zero-order valence-corrected chi connectivity index (χ0v) is 19.2. The Morgan fingerprint density at radius 2 is 1.74 bits per heavy atom. The van der Waals surface area contributed by atoms with Crippen LogP contribution in [-0.4, -0.2) is 28.4 Å². The summed E-state index contributed by atoms with van der Waals surface area (Å²) in [5.41, 5.74) is 0.150. The molecule has 0 saturated heterocycles.